The number of benzene rings is 3. The summed E-state index contributed by atoms with van der Waals surface area (Å²) in [5.41, 5.74) is 4.59. The van der Waals surface area contributed by atoms with Gasteiger partial charge in [-0.05, 0) is 41.4 Å². The fraction of sp³-hybridized carbons (Fsp3) is 0.208. The van der Waals surface area contributed by atoms with E-state index < -0.39 is 12.0 Å². The van der Waals surface area contributed by atoms with E-state index in [4.69, 9.17) is 9.84 Å². The number of ether oxygens (including phenoxy) is 1. The van der Waals surface area contributed by atoms with Crippen LogP contribution in [0.4, 0.5) is 0 Å². The summed E-state index contributed by atoms with van der Waals surface area (Å²) in [7, 11) is 1.65. The van der Waals surface area contributed by atoms with E-state index in [0.29, 0.717) is 13.0 Å². The Balaban J connectivity index is 1.82. The van der Waals surface area contributed by atoms with Gasteiger partial charge >= 0.3 is 5.97 Å². The van der Waals surface area contributed by atoms with Gasteiger partial charge in [-0.1, -0.05) is 66.7 Å². The molecule has 0 heterocycles. The average molecular weight is 375 g/mol. The molecule has 0 radical (unpaired) electrons. The summed E-state index contributed by atoms with van der Waals surface area (Å²) in [5, 5.41) is 12.0. The standard InChI is InChI=1S/C24H25NO3/c1-25-22(24(26)27)14-15-28-23-13-12-20(19-10-6-3-7-11-19)17-21(23)16-18-8-4-2-5-9-18/h2-13,17,22,25H,14-16H2,1H3,(H,26,27). The van der Waals surface area contributed by atoms with Crippen molar-refractivity contribution in [3.05, 3.63) is 90.0 Å². The second-order valence-electron chi connectivity index (χ2n) is 6.67. The molecule has 3 aromatic rings. The van der Waals surface area contributed by atoms with Gasteiger partial charge in [0.25, 0.3) is 0 Å². The van der Waals surface area contributed by atoms with Gasteiger partial charge in [0.2, 0.25) is 0 Å². The van der Waals surface area contributed by atoms with Gasteiger partial charge in [0.05, 0.1) is 6.61 Å². The molecule has 0 bridgehead atoms. The Morgan fingerprint density at radius 2 is 1.64 bits per heavy atom. The normalized spacial score (nSPS) is 11.8. The van der Waals surface area contributed by atoms with E-state index >= 15 is 0 Å². The molecule has 4 nitrogen and oxygen atoms in total. The van der Waals surface area contributed by atoms with Crippen molar-refractivity contribution in [2.24, 2.45) is 0 Å². The summed E-state index contributed by atoms with van der Waals surface area (Å²) in [6, 6.07) is 26.1. The summed E-state index contributed by atoms with van der Waals surface area (Å²) in [4.78, 5) is 11.2. The Labute approximate surface area is 165 Å². The summed E-state index contributed by atoms with van der Waals surface area (Å²) >= 11 is 0. The number of hydrogen-bond acceptors (Lipinski definition) is 3. The number of carboxylic acids is 1. The Hall–Kier alpha value is -3.11. The molecule has 0 spiro atoms. The second kappa shape index (κ2) is 9.72. The molecule has 1 unspecified atom stereocenters. The van der Waals surface area contributed by atoms with Gasteiger partial charge in [-0.3, -0.25) is 4.79 Å². The van der Waals surface area contributed by atoms with E-state index in [2.05, 4.69) is 35.6 Å². The predicted molar refractivity (Wildman–Crippen MR) is 112 cm³/mol. The summed E-state index contributed by atoms with van der Waals surface area (Å²) in [6.45, 7) is 0.338. The molecule has 0 saturated carbocycles. The van der Waals surface area contributed by atoms with Crippen molar-refractivity contribution in [1.82, 2.24) is 5.32 Å². The van der Waals surface area contributed by atoms with E-state index in [0.717, 1.165) is 28.9 Å². The second-order valence-corrected chi connectivity index (χ2v) is 6.67. The van der Waals surface area contributed by atoms with Crippen LogP contribution in [0.25, 0.3) is 11.1 Å². The van der Waals surface area contributed by atoms with Crippen molar-refractivity contribution in [3.63, 3.8) is 0 Å². The third kappa shape index (κ3) is 5.21. The molecule has 0 aliphatic rings. The van der Waals surface area contributed by atoms with E-state index in [1.807, 2.05) is 48.5 Å². The highest BCUT2D eigenvalue weighted by Gasteiger charge is 2.15. The number of carbonyl (C=O) groups is 1. The van der Waals surface area contributed by atoms with Gasteiger partial charge in [0.15, 0.2) is 0 Å². The lowest BCUT2D eigenvalue weighted by atomic mass is 9.98. The molecule has 0 fully saturated rings. The van der Waals surface area contributed by atoms with Crippen molar-refractivity contribution >= 4 is 5.97 Å². The lowest BCUT2D eigenvalue weighted by molar-refractivity contribution is -0.139. The number of nitrogens with one attached hydrogen (secondary N) is 1. The van der Waals surface area contributed by atoms with Crippen LogP contribution in [0.1, 0.15) is 17.5 Å². The minimum Gasteiger partial charge on any atom is -0.493 e. The monoisotopic (exact) mass is 375 g/mol. The van der Waals surface area contributed by atoms with E-state index in [9.17, 15) is 4.79 Å². The van der Waals surface area contributed by atoms with Crippen LogP contribution in [0.2, 0.25) is 0 Å². The summed E-state index contributed by atoms with van der Waals surface area (Å²) < 4.78 is 5.98. The fourth-order valence-corrected chi connectivity index (χ4v) is 3.16. The minimum atomic E-state index is -0.866. The minimum absolute atomic E-state index is 0.338. The van der Waals surface area contributed by atoms with Crippen LogP contribution >= 0.6 is 0 Å². The van der Waals surface area contributed by atoms with E-state index in [-0.39, 0.29) is 0 Å². The van der Waals surface area contributed by atoms with Gasteiger partial charge in [-0.2, -0.15) is 0 Å². The molecule has 0 aliphatic carbocycles. The third-order valence-corrected chi connectivity index (χ3v) is 4.72. The molecule has 144 valence electrons. The first kappa shape index (κ1) is 19.6. The van der Waals surface area contributed by atoms with Crippen molar-refractivity contribution in [1.29, 1.82) is 0 Å². The molecule has 2 N–H and O–H groups in total. The zero-order valence-corrected chi connectivity index (χ0v) is 16.0. The van der Waals surface area contributed by atoms with E-state index in [1.165, 1.54) is 5.56 Å². The first-order valence-electron chi connectivity index (χ1n) is 9.42. The van der Waals surface area contributed by atoms with Gasteiger partial charge in [-0.25, -0.2) is 0 Å². The molecule has 4 heteroatoms. The molecule has 28 heavy (non-hydrogen) atoms. The molecule has 3 aromatic carbocycles. The Morgan fingerprint density at radius 3 is 2.29 bits per heavy atom. The van der Waals surface area contributed by atoms with Gasteiger partial charge in [0.1, 0.15) is 11.8 Å². The SMILES string of the molecule is CNC(CCOc1ccc(-c2ccccc2)cc1Cc1ccccc1)C(=O)O. The van der Waals surface area contributed by atoms with Gasteiger partial charge in [0, 0.05) is 12.8 Å². The van der Waals surface area contributed by atoms with Crippen molar-refractivity contribution in [3.8, 4) is 16.9 Å². The van der Waals surface area contributed by atoms with Crippen molar-refractivity contribution in [2.45, 2.75) is 18.9 Å². The molecule has 0 saturated heterocycles. The maximum absolute atomic E-state index is 11.2. The zero-order valence-electron chi connectivity index (χ0n) is 16.0. The molecular weight excluding hydrogens is 350 g/mol. The van der Waals surface area contributed by atoms with Crippen LogP contribution in [0, 0.1) is 0 Å². The number of hydrogen-bond donors (Lipinski definition) is 2. The highest BCUT2D eigenvalue weighted by Crippen LogP contribution is 2.29. The van der Waals surface area contributed by atoms with Crippen LogP contribution < -0.4 is 10.1 Å². The number of carboxylic acid groups (broad SMARTS) is 1. The lowest BCUT2D eigenvalue weighted by Gasteiger charge is -2.16. The molecule has 0 aliphatic heterocycles. The van der Waals surface area contributed by atoms with Gasteiger partial charge in [-0.15, -0.1) is 0 Å². The fourth-order valence-electron chi connectivity index (χ4n) is 3.16. The van der Waals surface area contributed by atoms with Crippen LogP contribution in [-0.4, -0.2) is 30.8 Å². The largest absolute Gasteiger partial charge is 0.493 e. The van der Waals surface area contributed by atoms with E-state index in [1.54, 1.807) is 7.05 Å². The van der Waals surface area contributed by atoms with Crippen molar-refractivity contribution < 1.29 is 14.6 Å². The zero-order chi connectivity index (χ0) is 19.8. The highest BCUT2D eigenvalue weighted by atomic mass is 16.5. The smallest absolute Gasteiger partial charge is 0.320 e. The molecule has 0 aromatic heterocycles. The average Bonchev–Trinajstić information content (AvgIpc) is 2.73. The van der Waals surface area contributed by atoms with Crippen molar-refractivity contribution in [2.75, 3.05) is 13.7 Å². The first-order valence-corrected chi connectivity index (χ1v) is 9.42. The van der Waals surface area contributed by atoms with Crippen LogP contribution in [0.15, 0.2) is 78.9 Å². The molecule has 3 rings (SSSR count). The number of rotatable bonds is 9. The number of likely N-dealkylation sites (N-methyl/N-ethyl adjacent to an activating group) is 1. The number of aliphatic carboxylic acids is 1. The molecule has 0 amide bonds. The Bertz CT molecular complexity index is 894. The summed E-state index contributed by atoms with van der Waals surface area (Å²) in [6.07, 6.45) is 1.16. The Kier molecular flexibility index (Phi) is 6.82. The van der Waals surface area contributed by atoms with Gasteiger partial charge < -0.3 is 15.2 Å². The summed E-state index contributed by atoms with van der Waals surface area (Å²) in [5.74, 6) is -0.0705. The van der Waals surface area contributed by atoms with Crippen LogP contribution in [-0.2, 0) is 11.2 Å². The third-order valence-electron chi connectivity index (χ3n) is 4.72. The molecular formula is C24H25NO3. The maximum atomic E-state index is 11.2. The van der Waals surface area contributed by atoms with Crippen LogP contribution in [0.5, 0.6) is 5.75 Å². The first-order chi connectivity index (χ1) is 13.7. The molecule has 1 atom stereocenters. The predicted octanol–water partition coefficient (Wildman–Crippen LogP) is 4.39. The topological polar surface area (TPSA) is 58.6 Å². The van der Waals surface area contributed by atoms with Crippen LogP contribution in [0.3, 0.4) is 0 Å². The maximum Gasteiger partial charge on any atom is 0.320 e. The highest BCUT2D eigenvalue weighted by molar-refractivity contribution is 5.73. The lowest BCUT2D eigenvalue weighted by Crippen LogP contribution is -2.35. The quantitative estimate of drug-likeness (QED) is 0.582. The Morgan fingerprint density at radius 1 is 0.964 bits per heavy atom.